The molecule has 2 aliphatic rings. The highest BCUT2D eigenvalue weighted by Crippen LogP contribution is 2.27. The minimum absolute atomic E-state index is 0. The van der Waals surface area contributed by atoms with Crippen LogP contribution in [0.25, 0.3) is 0 Å². The van der Waals surface area contributed by atoms with Gasteiger partial charge in [-0.3, -0.25) is 15.0 Å². The molecule has 2 fully saturated rings. The quantitative estimate of drug-likeness (QED) is 0.836. The van der Waals surface area contributed by atoms with E-state index >= 15 is 0 Å². The van der Waals surface area contributed by atoms with E-state index in [0.717, 1.165) is 39.0 Å². The number of nitrogens with zero attached hydrogens (tertiary/aromatic N) is 2. The molecule has 0 radical (unpaired) electrons. The van der Waals surface area contributed by atoms with E-state index in [1.54, 1.807) is 0 Å². The number of aliphatic hydroxyl groups is 1. The summed E-state index contributed by atoms with van der Waals surface area (Å²) in [7, 11) is 0. The third kappa shape index (κ3) is 5.07. The number of nitrogens with one attached hydrogen (secondary N) is 1. The zero-order valence-electron chi connectivity index (χ0n) is 13.8. The first kappa shape index (κ1) is 21.2. The SMILES string of the molecule is Cl.Cl.O=C([C@H]1CC[C@H](c2ccccc2)N1)N1CCN(CCO)CC1. The number of benzene rings is 1. The number of hydrogen-bond acceptors (Lipinski definition) is 4. The maximum atomic E-state index is 12.6. The summed E-state index contributed by atoms with van der Waals surface area (Å²) in [5.74, 6) is 0.238. The highest BCUT2D eigenvalue weighted by atomic mass is 35.5. The standard InChI is InChI=1S/C17H25N3O2.2ClH/c21-13-12-19-8-10-20(11-9-19)17(22)16-7-6-15(18-16)14-4-2-1-3-5-14;;/h1-5,15-16,18,21H,6-13H2;2*1H/t15-,16-;;/m1../s1. The number of halogens is 2. The maximum absolute atomic E-state index is 12.6. The van der Waals surface area contributed by atoms with Gasteiger partial charge in [0.25, 0.3) is 0 Å². The summed E-state index contributed by atoms with van der Waals surface area (Å²) in [6, 6.07) is 10.6. The third-order valence-electron chi connectivity index (χ3n) is 4.75. The van der Waals surface area contributed by atoms with Crippen LogP contribution < -0.4 is 5.32 Å². The molecule has 0 aliphatic carbocycles. The minimum atomic E-state index is -0.0467. The fraction of sp³-hybridized carbons (Fsp3) is 0.588. The van der Waals surface area contributed by atoms with Crippen LogP contribution in [-0.4, -0.2) is 66.2 Å². The first-order valence-corrected chi connectivity index (χ1v) is 8.21. The average molecular weight is 376 g/mol. The van der Waals surface area contributed by atoms with Crippen LogP contribution in [0.3, 0.4) is 0 Å². The van der Waals surface area contributed by atoms with Crippen molar-refractivity contribution >= 4 is 30.7 Å². The Morgan fingerprint density at radius 3 is 2.38 bits per heavy atom. The van der Waals surface area contributed by atoms with Crippen LogP contribution in [0.5, 0.6) is 0 Å². The van der Waals surface area contributed by atoms with Crippen LogP contribution >= 0.6 is 24.8 Å². The van der Waals surface area contributed by atoms with Crippen LogP contribution in [0.4, 0.5) is 0 Å². The fourth-order valence-corrected chi connectivity index (χ4v) is 3.44. The molecule has 2 atom stereocenters. The van der Waals surface area contributed by atoms with E-state index in [4.69, 9.17) is 5.11 Å². The molecular weight excluding hydrogens is 349 g/mol. The van der Waals surface area contributed by atoms with Crippen molar-refractivity contribution < 1.29 is 9.90 Å². The molecule has 2 heterocycles. The Morgan fingerprint density at radius 1 is 1.08 bits per heavy atom. The number of piperazine rings is 1. The molecule has 24 heavy (non-hydrogen) atoms. The summed E-state index contributed by atoms with van der Waals surface area (Å²) in [5, 5.41) is 12.5. The van der Waals surface area contributed by atoms with Crippen molar-refractivity contribution in [3.05, 3.63) is 35.9 Å². The molecule has 0 bridgehead atoms. The molecule has 1 amide bonds. The molecule has 0 unspecified atom stereocenters. The van der Waals surface area contributed by atoms with E-state index in [1.165, 1.54) is 5.56 Å². The van der Waals surface area contributed by atoms with Gasteiger partial charge in [0.1, 0.15) is 0 Å². The Kier molecular flexibility index (Phi) is 9.02. The van der Waals surface area contributed by atoms with E-state index in [-0.39, 0.29) is 43.4 Å². The lowest BCUT2D eigenvalue weighted by Gasteiger charge is -2.35. The molecule has 1 aromatic carbocycles. The molecule has 7 heteroatoms. The van der Waals surface area contributed by atoms with Crippen LogP contribution in [-0.2, 0) is 4.79 Å². The lowest BCUT2D eigenvalue weighted by atomic mass is 10.1. The molecular formula is C17H27Cl2N3O2. The normalized spacial score (nSPS) is 24.1. The van der Waals surface area contributed by atoms with Gasteiger partial charge >= 0.3 is 0 Å². The Bertz CT molecular complexity index is 496. The number of hydrogen-bond donors (Lipinski definition) is 2. The smallest absolute Gasteiger partial charge is 0.239 e. The number of rotatable bonds is 4. The van der Waals surface area contributed by atoms with Gasteiger partial charge < -0.3 is 10.0 Å². The molecule has 3 rings (SSSR count). The van der Waals surface area contributed by atoms with Crippen molar-refractivity contribution in [3.63, 3.8) is 0 Å². The van der Waals surface area contributed by atoms with Gasteiger partial charge in [-0.05, 0) is 18.4 Å². The lowest BCUT2D eigenvalue weighted by molar-refractivity contribution is -0.134. The second kappa shape index (κ2) is 10.2. The number of carbonyl (C=O) groups excluding carboxylic acids is 1. The van der Waals surface area contributed by atoms with Crippen molar-refractivity contribution in [3.8, 4) is 0 Å². The Morgan fingerprint density at radius 2 is 1.75 bits per heavy atom. The zero-order valence-corrected chi connectivity index (χ0v) is 15.4. The van der Waals surface area contributed by atoms with E-state index in [2.05, 4.69) is 22.3 Å². The summed E-state index contributed by atoms with van der Waals surface area (Å²) in [5.41, 5.74) is 1.27. The lowest BCUT2D eigenvalue weighted by Crippen LogP contribution is -2.53. The first-order valence-electron chi connectivity index (χ1n) is 8.21. The molecule has 2 saturated heterocycles. The van der Waals surface area contributed by atoms with E-state index in [0.29, 0.717) is 12.6 Å². The number of carbonyl (C=O) groups is 1. The van der Waals surface area contributed by atoms with Gasteiger partial charge in [0, 0.05) is 38.8 Å². The van der Waals surface area contributed by atoms with Gasteiger partial charge in [-0.25, -0.2) is 0 Å². The highest BCUT2D eigenvalue weighted by Gasteiger charge is 2.33. The summed E-state index contributed by atoms with van der Waals surface area (Å²) in [4.78, 5) is 16.8. The van der Waals surface area contributed by atoms with Gasteiger partial charge in [0.2, 0.25) is 5.91 Å². The number of β-amino-alcohol motifs (C(OH)–C–C–N with tert-alkyl or cyclic N) is 1. The second-order valence-electron chi connectivity index (χ2n) is 6.15. The van der Waals surface area contributed by atoms with Crippen molar-refractivity contribution in [2.24, 2.45) is 0 Å². The van der Waals surface area contributed by atoms with Crippen molar-refractivity contribution in [2.45, 2.75) is 24.9 Å². The summed E-state index contributed by atoms with van der Waals surface area (Å²) >= 11 is 0. The second-order valence-corrected chi connectivity index (χ2v) is 6.15. The molecule has 0 spiro atoms. The average Bonchev–Trinajstić information content (AvgIpc) is 3.06. The number of amides is 1. The molecule has 0 saturated carbocycles. The molecule has 2 N–H and O–H groups in total. The minimum Gasteiger partial charge on any atom is -0.395 e. The van der Waals surface area contributed by atoms with Crippen LogP contribution in [0.15, 0.2) is 30.3 Å². The Hall–Kier alpha value is -0.850. The van der Waals surface area contributed by atoms with Crippen molar-refractivity contribution in [2.75, 3.05) is 39.3 Å². The zero-order chi connectivity index (χ0) is 15.4. The first-order chi connectivity index (χ1) is 10.8. The maximum Gasteiger partial charge on any atom is 0.239 e. The monoisotopic (exact) mass is 375 g/mol. The van der Waals surface area contributed by atoms with E-state index in [9.17, 15) is 4.79 Å². The topological polar surface area (TPSA) is 55.8 Å². The predicted molar refractivity (Wildman–Crippen MR) is 99.9 cm³/mol. The Balaban J connectivity index is 0.00000144. The molecule has 5 nitrogen and oxygen atoms in total. The van der Waals surface area contributed by atoms with E-state index in [1.807, 2.05) is 23.1 Å². The third-order valence-corrected chi connectivity index (χ3v) is 4.75. The van der Waals surface area contributed by atoms with Gasteiger partial charge in [-0.2, -0.15) is 0 Å². The highest BCUT2D eigenvalue weighted by molar-refractivity contribution is 5.85. The van der Waals surface area contributed by atoms with Crippen molar-refractivity contribution in [1.29, 1.82) is 0 Å². The summed E-state index contributed by atoms with van der Waals surface area (Å²) in [6.07, 6.45) is 1.93. The predicted octanol–water partition coefficient (Wildman–Crippen LogP) is 1.46. The van der Waals surface area contributed by atoms with Gasteiger partial charge in [0.15, 0.2) is 0 Å². The summed E-state index contributed by atoms with van der Waals surface area (Å²) in [6.45, 7) is 4.17. The summed E-state index contributed by atoms with van der Waals surface area (Å²) < 4.78 is 0. The Labute approximate surface area is 156 Å². The van der Waals surface area contributed by atoms with Gasteiger partial charge in [-0.1, -0.05) is 30.3 Å². The fourth-order valence-electron chi connectivity index (χ4n) is 3.44. The van der Waals surface area contributed by atoms with Gasteiger partial charge in [0.05, 0.1) is 12.6 Å². The van der Waals surface area contributed by atoms with Gasteiger partial charge in [-0.15, -0.1) is 24.8 Å². The molecule has 0 aromatic heterocycles. The molecule has 2 aliphatic heterocycles. The van der Waals surface area contributed by atoms with Crippen LogP contribution in [0, 0.1) is 0 Å². The largest absolute Gasteiger partial charge is 0.395 e. The van der Waals surface area contributed by atoms with Crippen LogP contribution in [0.2, 0.25) is 0 Å². The van der Waals surface area contributed by atoms with Crippen LogP contribution in [0.1, 0.15) is 24.4 Å². The molecule has 1 aromatic rings. The van der Waals surface area contributed by atoms with E-state index < -0.39 is 0 Å². The van der Waals surface area contributed by atoms with Crippen molar-refractivity contribution in [1.82, 2.24) is 15.1 Å². The number of aliphatic hydroxyl groups excluding tert-OH is 1. The molecule has 136 valence electrons.